The highest BCUT2D eigenvalue weighted by Gasteiger charge is 2.30. The van der Waals surface area contributed by atoms with Gasteiger partial charge < -0.3 is 30.7 Å². The van der Waals surface area contributed by atoms with Crippen LogP contribution in [0.25, 0.3) is 9.81 Å². The molecule has 0 saturated heterocycles. The van der Waals surface area contributed by atoms with Gasteiger partial charge in [0, 0.05) is 0 Å². The summed E-state index contributed by atoms with van der Waals surface area (Å²) in [7, 11) is -4.52. The van der Waals surface area contributed by atoms with E-state index < -0.39 is 58.0 Å². The molecule has 6 rings (SSSR count). The quantitative estimate of drug-likeness (QED) is 0.0591. The highest BCUT2D eigenvalue weighted by atomic mass is 32.2. The number of benzene rings is 6. The molecule has 4 amide bonds. The fourth-order valence-electron chi connectivity index (χ4n) is 7.04. The Labute approximate surface area is 392 Å². The fraction of sp³-hybridized carbons (Fsp3) is 0.185. The molecule has 0 aliphatic rings. The molecule has 0 aromatic heterocycles. The maximum atomic E-state index is 15.6. The van der Waals surface area contributed by atoms with Gasteiger partial charge in [0.2, 0.25) is 21.7 Å². The molecule has 12 nitrogen and oxygen atoms in total. The van der Waals surface area contributed by atoms with Crippen LogP contribution in [0.1, 0.15) is 47.2 Å². The van der Waals surface area contributed by atoms with Crippen molar-refractivity contribution in [1.29, 1.82) is 0 Å². The Morgan fingerprint density at radius 2 is 0.716 bits per heavy atom. The lowest BCUT2D eigenvalue weighted by Crippen LogP contribution is -2.48. The monoisotopic (exact) mass is 918 g/mol. The summed E-state index contributed by atoms with van der Waals surface area (Å²) in [6, 6.07) is 50.0. The lowest BCUT2D eigenvalue weighted by atomic mass is 10.0. The van der Waals surface area contributed by atoms with Crippen molar-refractivity contribution in [2.45, 2.75) is 64.1 Å². The normalized spacial score (nSPS) is 13.5. The molecule has 0 aliphatic carbocycles. The van der Waals surface area contributed by atoms with Gasteiger partial charge in [0.25, 0.3) is 0 Å². The Kier molecular flexibility index (Phi) is 17.8. The summed E-state index contributed by atoms with van der Waals surface area (Å²) >= 11 is 0. The standard InChI is InChI=1S/C54H54N4O8S/c1-39(55-53(61)65-37-43-25-13-5-14-26-43)51(59)57-47(33-41-21-9-3-10-22-41)35-49(45-29-17-7-18-30-45)67(63,64)50(46-31-19-8-20-32-46)36-48(34-42-23-11-4-12-24-42)58-52(60)40(2)56-54(62)66-38-44-27-15-6-16-28-44/h3-32,35-36,39-40,47-48H,33-34,37-38H2,1-2H3,(H,55,61)(H,56,62)(H,57,59)(H,58,60)/t39-,40-,47-,48-/m0/s1. The molecule has 67 heavy (non-hydrogen) atoms. The molecule has 0 radical (unpaired) electrons. The van der Waals surface area contributed by atoms with E-state index in [1.54, 1.807) is 60.7 Å². The van der Waals surface area contributed by atoms with Crippen LogP contribution in [-0.4, -0.2) is 56.6 Å². The molecule has 13 heteroatoms. The van der Waals surface area contributed by atoms with E-state index in [1.807, 2.05) is 121 Å². The van der Waals surface area contributed by atoms with Crippen LogP contribution < -0.4 is 21.3 Å². The van der Waals surface area contributed by atoms with Crippen molar-refractivity contribution in [3.05, 3.63) is 228 Å². The number of rotatable bonds is 20. The van der Waals surface area contributed by atoms with Gasteiger partial charge in [0.05, 0.1) is 21.9 Å². The summed E-state index contributed by atoms with van der Waals surface area (Å²) < 4.78 is 41.9. The molecule has 6 aromatic carbocycles. The van der Waals surface area contributed by atoms with Gasteiger partial charge in [-0.05, 0) is 72.2 Å². The number of sulfone groups is 1. The van der Waals surface area contributed by atoms with Gasteiger partial charge in [-0.2, -0.15) is 0 Å². The second-order valence-electron chi connectivity index (χ2n) is 15.8. The number of nitrogens with one attached hydrogen (secondary N) is 4. The number of carbonyl (C=O) groups is 4. The second kappa shape index (κ2) is 24.5. The first-order chi connectivity index (χ1) is 32.4. The second-order valence-corrected chi connectivity index (χ2v) is 17.6. The van der Waals surface area contributed by atoms with Gasteiger partial charge >= 0.3 is 12.2 Å². The van der Waals surface area contributed by atoms with E-state index in [-0.39, 0.29) is 35.9 Å². The number of ether oxygens (including phenoxy) is 2. The minimum Gasteiger partial charge on any atom is -0.445 e. The summed E-state index contributed by atoms with van der Waals surface area (Å²) in [5, 5.41) is 11.1. The third-order valence-corrected chi connectivity index (χ3v) is 12.4. The van der Waals surface area contributed by atoms with Crippen molar-refractivity contribution < 1.29 is 37.1 Å². The third kappa shape index (κ3) is 15.2. The zero-order valence-corrected chi connectivity index (χ0v) is 38.1. The topological polar surface area (TPSA) is 169 Å². The lowest BCUT2D eigenvalue weighted by Gasteiger charge is -2.23. The van der Waals surface area contributed by atoms with Crippen molar-refractivity contribution in [2.24, 2.45) is 0 Å². The molecule has 0 fully saturated rings. The Morgan fingerprint density at radius 3 is 1.03 bits per heavy atom. The fourth-order valence-corrected chi connectivity index (χ4v) is 8.86. The van der Waals surface area contributed by atoms with Crippen molar-refractivity contribution in [3.8, 4) is 0 Å². The number of hydrogen-bond acceptors (Lipinski definition) is 8. The highest BCUT2D eigenvalue weighted by molar-refractivity contribution is 8.09. The SMILES string of the molecule is C[C@H](NC(=O)OCc1ccccc1)C(=O)N[C@H](C=C(c1ccccc1)S(=O)(=O)C(=C[C@H](Cc1ccccc1)NC(=O)[C@H](C)NC(=O)OCc1ccccc1)c1ccccc1)Cc1ccccc1. The first-order valence-corrected chi connectivity index (χ1v) is 23.4. The van der Waals surface area contributed by atoms with Gasteiger partial charge in [-0.15, -0.1) is 0 Å². The number of carbonyl (C=O) groups excluding carboxylic acids is 4. The maximum absolute atomic E-state index is 15.6. The Hall–Kier alpha value is -7.77. The Bertz CT molecular complexity index is 2520. The van der Waals surface area contributed by atoms with Crippen molar-refractivity contribution in [2.75, 3.05) is 0 Å². The zero-order valence-electron chi connectivity index (χ0n) is 37.3. The van der Waals surface area contributed by atoms with Crippen LogP contribution in [0.5, 0.6) is 0 Å². The molecule has 0 spiro atoms. The van der Waals surface area contributed by atoms with Crippen molar-refractivity contribution in [1.82, 2.24) is 21.3 Å². The molecular weight excluding hydrogens is 865 g/mol. The van der Waals surface area contributed by atoms with Crippen LogP contribution in [-0.2, 0) is 55.0 Å². The summed E-state index contributed by atoms with van der Waals surface area (Å²) in [5.41, 5.74) is 3.88. The van der Waals surface area contributed by atoms with Crippen molar-refractivity contribution in [3.63, 3.8) is 0 Å². The average molecular weight is 919 g/mol. The van der Waals surface area contributed by atoms with Crippen LogP contribution in [0.15, 0.2) is 194 Å². The maximum Gasteiger partial charge on any atom is 0.408 e. The smallest absolute Gasteiger partial charge is 0.408 e. The Balaban J connectivity index is 1.35. The molecule has 0 heterocycles. The van der Waals surface area contributed by atoms with Crippen LogP contribution >= 0.6 is 0 Å². The van der Waals surface area contributed by atoms with E-state index in [2.05, 4.69) is 21.3 Å². The van der Waals surface area contributed by atoms with Crippen LogP contribution in [0, 0.1) is 0 Å². The van der Waals surface area contributed by atoms with E-state index in [1.165, 1.54) is 26.0 Å². The molecule has 0 unspecified atom stereocenters. The van der Waals surface area contributed by atoms with E-state index in [9.17, 15) is 19.2 Å². The van der Waals surface area contributed by atoms with Crippen molar-refractivity contribution >= 4 is 43.6 Å². The lowest BCUT2D eigenvalue weighted by molar-refractivity contribution is -0.123. The average Bonchev–Trinajstić information content (AvgIpc) is 3.35. The third-order valence-electron chi connectivity index (χ3n) is 10.5. The van der Waals surface area contributed by atoms with Gasteiger partial charge in [0.15, 0.2) is 0 Å². The van der Waals surface area contributed by atoms with E-state index in [0.717, 1.165) is 22.3 Å². The first-order valence-electron chi connectivity index (χ1n) is 21.9. The zero-order chi connectivity index (χ0) is 47.4. The van der Waals surface area contributed by atoms with Gasteiger partial charge in [-0.1, -0.05) is 182 Å². The summed E-state index contributed by atoms with van der Waals surface area (Å²) in [6.07, 6.45) is 1.84. The molecule has 0 aliphatic heterocycles. The molecule has 0 bridgehead atoms. The predicted molar refractivity (Wildman–Crippen MR) is 260 cm³/mol. The van der Waals surface area contributed by atoms with E-state index in [0.29, 0.717) is 11.1 Å². The Morgan fingerprint density at radius 1 is 0.433 bits per heavy atom. The predicted octanol–water partition coefficient (Wildman–Crippen LogP) is 8.57. The number of hydrogen-bond donors (Lipinski definition) is 4. The molecule has 4 atom stereocenters. The minimum absolute atomic E-state index is 0.00553. The van der Waals surface area contributed by atoms with Gasteiger partial charge in [0.1, 0.15) is 25.3 Å². The summed E-state index contributed by atoms with van der Waals surface area (Å²) in [4.78, 5) is 53.1. The van der Waals surface area contributed by atoms with E-state index in [4.69, 9.17) is 9.47 Å². The number of alkyl carbamates (subject to hydrolysis) is 2. The summed E-state index contributed by atoms with van der Waals surface area (Å²) in [5.74, 6) is -1.15. The molecule has 4 N–H and O–H groups in total. The van der Waals surface area contributed by atoms with Crippen LogP contribution in [0.2, 0.25) is 0 Å². The largest absolute Gasteiger partial charge is 0.445 e. The van der Waals surface area contributed by atoms with Crippen LogP contribution in [0.3, 0.4) is 0 Å². The van der Waals surface area contributed by atoms with E-state index >= 15 is 8.42 Å². The van der Waals surface area contributed by atoms with Crippen LogP contribution in [0.4, 0.5) is 9.59 Å². The molecule has 6 aromatic rings. The molecule has 344 valence electrons. The van der Waals surface area contributed by atoms with Gasteiger partial charge in [-0.3, -0.25) is 9.59 Å². The minimum atomic E-state index is -4.52. The van der Waals surface area contributed by atoms with Gasteiger partial charge in [-0.25, -0.2) is 18.0 Å². The first kappa shape index (κ1) is 48.7. The molecule has 0 saturated carbocycles. The summed E-state index contributed by atoms with van der Waals surface area (Å²) in [6.45, 7) is 3.04. The number of amides is 4. The molecular formula is C54H54N4O8S. The highest BCUT2D eigenvalue weighted by Crippen LogP contribution is 2.34.